The lowest BCUT2D eigenvalue weighted by Crippen LogP contribution is -2.45. The lowest BCUT2D eigenvalue weighted by molar-refractivity contribution is -0.143. The van der Waals surface area contributed by atoms with Gasteiger partial charge in [0.1, 0.15) is 0 Å². The molecule has 3 N–H and O–H groups in total. The summed E-state index contributed by atoms with van der Waals surface area (Å²) < 4.78 is 5.43. The molecule has 1 amide bonds. The van der Waals surface area contributed by atoms with E-state index < -0.39 is 12.1 Å². The van der Waals surface area contributed by atoms with Crippen LogP contribution in [0.5, 0.6) is 0 Å². The Bertz CT molecular complexity index is 1130. The average molecular weight is 941 g/mol. The third-order valence-corrected chi connectivity index (χ3v) is 13.3. The van der Waals surface area contributed by atoms with Crippen LogP contribution in [0.1, 0.15) is 303 Å². The van der Waals surface area contributed by atoms with Crippen LogP contribution in [0.4, 0.5) is 0 Å². The van der Waals surface area contributed by atoms with Crippen molar-refractivity contribution in [3.63, 3.8) is 0 Å². The van der Waals surface area contributed by atoms with E-state index in [2.05, 4.69) is 55.6 Å². The number of allylic oxidation sites excluding steroid dienone is 7. The Morgan fingerprint density at radius 3 is 1.19 bits per heavy atom. The van der Waals surface area contributed by atoms with Crippen LogP contribution in [0.2, 0.25) is 0 Å². The second-order valence-electron chi connectivity index (χ2n) is 20.0. The van der Waals surface area contributed by atoms with Crippen molar-refractivity contribution in [3.05, 3.63) is 48.6 Å². The average Bonchev–Trinajstić information content (AvgIpc) is 3.33. The Morgan fingerprint density at radius 2 is 0.761 bits per heavy atom. The zero-order valence-electron chi connectivity index (χ0n) is 44.6. The first-order valence-electron chi connectivity index (χ1n) is 29.4. The van der Waals surface area contributed by atoms with Crippen LogP contribution in [0.25, 0.3) is 0 Å². The molecule has 392 valence electrons. The molecule has 0 aromatic rings. The van der Waals surface area contributed by atoms with Crippen molar-refractivity contribution in [1.82, 2.24) is 5.32 Å². The van der Waals surface area contributed by atoms with E-state index in [0.717, 1.165) is 77.0 Å². The van der Waals surface area contributed by atoms with Crippen LogP contribution in [0.15, 0.2) is 48.6 Å². The van der Waals surface area contributed by atoms with Gasteiger partial charge in [0.15, 0.2) is 0 Å². The van der Waals surface area contributed by atoms with E-state index in [0.29, 0.717) is 19.4 Å². The first-order valence-corrected chi connectivity index (χ1v) is 29.4. The molecule has 67 heavy (non-hydrogen) atoms. The SMILES string of the molecule is CCCC/C=C\CCCCCCCC(=O)OCCCCC/C=C\C=C/CCCCCCCCCCCCC(=O)NC(CO)C(O)/C=C/CCCCCCCCCCCCCCCCCCCC. The summed E-state index contributed by atoms with van der Waals surface area (Å²) >= 11 is 0. The van der Waals surface area contributed by atoms with Gasteiger partial charge in [-0.3, -0.25) is 9.59 Å². The van der Waals surface area contributed by atoms with Crippen molar-refractivity contribution in [2.45, 2.75) is 315 Å². The summed E-state index contributed by atoms with van der Waals surface area (Å²) in [5, 5.41) is 23.2. The molecule has 6 nitrogen and oxygen atoms in total. The zero-order valence-corrected chi connectivity index (χ0v) is 44.6. The first-order chi connectivity index (χ1) is 33.0. The minimum absolute atomic E-state index is 0.0256. The monoisotopic (exact) mass is 940 g/mol. The number of unbranched alkanes of at least 4 members (excludes halogenated alkanes) is 38. The summed E-state index contributed by atoms with van der Waals surface area (Å²) in [4.78, 5) is 24.4. The summed E-state index contributed by atoms with van der Waals surface area (Å²) in [6, 6.07) is -0.637. The van der Waals surface area contributed by atoms with Gasteiger partial charge in [-0.2, -0.15) is 0 Å². The van der Waals surface area contributed by atoms with E-state index in [4.69, 9.17) is 4.74 Å². The van der Waals surface area contributed by atoms with E-state index >= 15 is 0 Å². The third kappa shape index (κ3) is 53.0. The number of hydrogen-bond acceptors (Lipinski definition) is 5. The maximum absolute atomic E-state index is 12.5. The molecule has 0 aromatic heterocycles. The second-order valence-corrected chi connectivity index (χ2v) is 20.0. The molecule has 6 heteroatoms. The molecule has 0 aromatic carbocycles. The standard InChI is InChI=1S/C61H113NO5/c1-3-5-7-9-11-13-15-16-17-18-19-21-24-27-30-34-37-41-45-49-53-59(64)58(57-63)62-60(65)54-50-46-42-38-35-31-28-25-22-20-23-26-29-32-36-40-44-48-52-56-67-61(66)55-51-47-43-39-33-14-12-10-8-6-4-2/h10,12,26,29,32,36,49,53,58-59,63-64H,3-9,11,13-25,27-28,30-31,33-35,37-48,50-52,54-57H2,1-2H3,(H,62,65)/b12-10-,29-26-,36-32-,53-49+. The number of nitrogens with one attached hydrogen (secondary N) is 1. The Kier molecular flexibility index (Phi) is 54.6. The lowest BCUT2D eigenvalue weighted by Gasteiger charge is -2.20. The highest BCUT2D eigenvalue weighted by molar-refractivity contribution is 5.76. The molecule has 0 aliphatic rings. The summed E-state index contributed by atoms with van der Waals surface area (Å²) in [6.45, 7) is 4.83. The summed E-state index contributed by atoms with van der Waals surface area (Å²) in [5.74, 6) is -0.102. The molecule has 0 fully saturated rings. The Morgan fingerprint density at radius 1 is 0.418 bits per heavy atom. The second kappa shape index (κ2) is 56.4. The molecular weight excluding hydrogens is 827 g/mol. The van der Waals surface area contributed by atoms with Crippen molar-refractivity contribution in [1.29, 1.82) is 0 Å². The van der Waals surface area contributed by atoms with Gasteiger partial charge < -0.3 is 20.3 Å². The maximum atomic E-state index is 12.5. The molecule has 0 saturated heterocycles. The van der Waals surface area contributed by atoms with Gasteiger partial charge in [-0.05, 0) is 83.5 Å². The molecule has 0 saturated carbocycles. The van der Waals surface area contributed by atoms with E-state index in [1.165, 1.54) is 199 Å². The predicted octanol–water partition coefficient (Wildman–Crippen LogP) is 18.2. The lowest BCUT2D eigenvalue weighted by atomic mass is 10.0. The van der Waals surface area contributed by atoms with Gasteiger partial charge in [0.05, 0.1) is 25.4 Å². The van der Waals surface area contributed by atoms with Crippen molar-refractivity contribution < 1.29 is 24.5 Å². The molecule has 0 spiro atoms. The fourth-order valence-corrected chi connectivity index (χ4v) is 8.78. The van der Waals surface area contributed by atoms with E-state index in [1.54, 1.807) is 6.08 Å². The molecule has 0 aliphatic carbocycles. The van der Waals surface area contributed by atoms with Crippen molar-refractivity contribution in [2.75, 3.05) is 13.2 Å². The van der Waals surface area contributed by atoms with Gasteiger partial charge in [0.25, 0.3) is 0 Å². The molecule has 0 heterocycles. The van der Waals surface area contributed by atoms with Crippen molar-refractivity contribution in [3.8, 4) is 0 Å². The van der Waals surface area contributed by atoms with Gasteiger partial charge in [-0.1, -0.05) is 255 Å². The highest BCUT2D eigenvalue weighted by Crippen LogP contribution is 2.16. The van der Waals surface area contributed by atoms with Gasteiger partial charge in [0, 0.05) is 12.8 Å². The zero-order chi connectivity index (χ0) is 48.6. The number of esters is 1. The minimum Gasteiger partial charge on any atom is -0.466 e. The number of hydrogen-bond donors (Lipinski definition) is 3. The number of aliphatic hydroxyl groups is 2. The van der Waals surface area contributed by atoms with E-state index in [-0.39, 0.29) is 18.5 Å². The highest BCUT2D eigenvalue weighted by atomic mass is 16.5. The summed E-state index contributed by atoms with van der Waals surface area (Å²) in [7, 11) is 0. The van der Waals surface area contributed by atoms with Gasteiger partial charge >= 0.3 is 5.97 Å². The van der Waals surface area contributed by atoms with Crippen molar-refractivity contribution in [2.24, 2.45) is 0 Å². The predicted molar refractivity (Wildman–Crippen MR) is 292 cm³/mol. The Labute approximate surface area is 416 Å². The molecule has 2 atom stereocenters. The number of rotatable bonds is 54. The molecule has 2 unspecified atom stereocenters. The van der Waals surface area contributed by atoms with Crippen LogP contribution in [0.3, 0.4) is 0 Å². The highest BCUT2D eigenvalue weighted by Gasteiger charge is 2.18. The molecule has 0 aliphatic heterocycles. The number of amides is 1. The summed E-state index contributed by atoms with van der Waals surface area (Å²) in [6.07, 6.45) is 71.4. The fraction of sp³-hybridized carbons (Fsp3) is 0.836. The van der Waals surface area contributed by atoms with Crippen LogP contribution in [-0.4, -0.2) is 47.4 Å². The quantitative estimate of drug-likeness (QED) is 0.0244. The van der Waals surface area contributed by atoms with Crippen LogP contribution >= 0.6 is 0 Å². The number of carbonyl (C=O) groups is 2. The maximum Gasteiger partial charge on any atom is 0.305 e. The van der Waals surface area contributed by atoms with Crippen LogP contribution in [-0.2, 0) is 14.3 Å². The van der Waals surface area contributed by atoms with Gasteiger partial charge in [-0.15, -0.1) is 0 Å². The smallest absolute Gasteiger partial charge is 0.305 e. The van der Waals surface area contributed by atoms with Gasteiger partial charge in [-0.25, -0.2) is 0 Å². The van der Waals surface area contributed by atoms with Crippen molar-refractivity contribution >= 4 is 11.9 Å². The number of ether oxygens (including phenoxy) is 1. The third-order valence-electron chi connectivity index (χ3n) is 13.3. The minimum atomic E-state index is -0.853. The largest absolute Gasteiger partial charge is 0.466 e. The number of aliphatic hydroxyl groups excluding tert-OH is 2. The van der Waals surface area contributed by atoms with Gasteiger partial charge in [0.2, 0.25) is 5.91 Å². The Balaban J connectivity index is 3.53. The normalized spacial score (nSPS) is 13.0. The van der Waals surface area contributed by atoms with Crippen LogP contribution < -0.4 is 5.32 Å². The number of carbonyl (C=O) groups excluding carboxylic acids is 2. The topological polar surface area (TPSA) is 95.9 Å². The molecule has 0 radical (unpaired) electrons. The first kappa shape index (κ1) is 64.8. The fourth-order valence-electron chi connectivity index (χ4n) is 8.78. The van der Waals surface area contributed by atoms with E-state index in [9.17, 15) is 19.8 Å². The molecular formula is C61H113NO5. The summed E-state index contributed by atoms with van der Waals surface area (Å²) in [5.41, 5.74) is 0. The molecule has 0 bridgehead atoms. The van der Waals surface area contributed by atoms with E-state index in [1.807, 2.05) is 6.08 Å². The Hall–Kier alpha value is -2.18. The van der Waals surface area contributed by atoms with Crippen LogP contribution in [0, 0.1) is 0 Å². The molecule has 0 rings (SSSR count).